The Morgan fingerprint density at radius 2 is 1.97 bits per heavy atom. The van der Waals surface area contributed by atoms with E-state index >= 15 is 0 Å². The Morgan fingerprint density at radius 1 is 1.21 bits per heavy atom. The molecular weight excluding hydrogens is 368 g/mol. The first-order chi connectivity index (χ1) is 14.2. The molecule has 1 atom stereocenters. The summed E-state index contributed by atoms with van der Waals surface area (Å²) in [5, 5.41) is 3.07. The van der Waals surface area contributed by atoms with Gasteiger partial charge < -0.3 is 19.5 Å². The second-order valence-corrected chi connectivity index (χ2v) is 6.75. The SMILES string of the molecule is C=CCOc1ccc(C(=O)NCC(c2ccccc2)N2CCOCC2)cc1OC. The highest BCUT2D eigenvalue weighted by molar-refractivity contribution is 5.94. The van der Waals surface area contributed by atoms with Gasteiger partial charge in [0.2, 0.25) is 0 Å². The molecule has 154 valence electrons. The maximum Gasteiger partial charge on any atom is 0.251 e. The van der Waals surface area contributed by atoms with E-state index in [1.807, 2.05) is 18.2 Å². The molecule has 1 amide bonds. The average molecular weight is 396 g/mol. The monoisotopic (exact) mass is 396 g/mol. The minimum Gasteiger partial charge on any atom is -0.493 e. The van der Waals surface area contributed by atoms with Crippen LogP contribution in [-0.2, 0) is 4.74 Å². The molecule has 0 radical (unpaired) electrons. The fourth-order valence-electron chi connectivity index (χ4n) is 3.39. The Kier molecular flexibility index (Phi) is 7.67. The first-order valence-corrected chi connectivity index (χ1v) is 9.79. The number of methoxy groups -OCH3 is 1. The van der Waals surface area contributed by atoms with Crippen molar-refractivity contribution in [2.24, 2.45) is 0 Å². The quantitative estimate of drug-likeness (QED) is 0.660. The van der Waals surface area contributed by atoms with Gasteiger partial charge in [0.1, 0.15) is 6.61 Å². The van der Waals surface area contributed by atoms with E-state index in [0.717, 1.165) is 13.1 Å². The number of carbonyl (C=O) groups excluding carboxylic acids is 1. The smallest absolute Gasteiger partial charge is 0.251 e. The average Bonchev–Trinajstić information content (AvgIpc) is 2.79. The fourth-order valence-corrected chi connectivity index (χ4v) is 3.39. The van der Waals surface area contributed by atoms with Gasteiger partial charge in [-0.3, -0.25) is 9.69 Å². The van der Waals surface area contributed by atoms with Gasteiger partial charge in [-0.1, -0.05) is 43.0 Å². The molecule has 0 spiro atoms. The largest absolute Gasteiger partial charge is 0.493 e. The summed E-state index contributed by atoms with van der Waals surface area (Å²) >= 11 is 0. The van der Waals surface area contributed by atoms with Crippen LogP contribution in [0.3, 0.4) is 0 Å². The molecule has 3 rings (SSSR count). The Balaban J connectivity index is 1.70. The van der Waals surface area contributed by atoms with Gasteiger partial charge >= 0.3 is 0 Å². The van der Waals surface area contributed by atoms with Crippen LogP contribution in [0.15, 0.2) is 61.2 Å². The van der Waals surface area contributed by atoms with Gasteiger partial charge in [-0.25, -0.2) is 0 Å². The first-order valence-electron chi connectivity index (χ1n) is 9.79. The third-order valence-electron chi connectivity index (χ3n) is 4.91. The molecule has 1 heterocycles. The predicted octanol–water partition coefficient (Wildman–Crippen LogP) is 3.06. The number of hydrogen-bond donors (Lipinski definition) is 1. The van der Waals surface area contributed by atoms with Gasteiger partial charge in [0, 0.05) is 25.2 Å². The molecule has 2 aromatic carbocycles. The summed E-state index contributed by atoms with van der Waals surface area (Å²) in [7, 11) is 1.56. The number of nitrogens with one attached hydrogen (secondary N) is 1. The summed E-state index contributed by atoms with van der Waals surface area (Å²) in [6, 6.07) is 15.5. The molecule has 1 saturated heterocycles. The van der Waals surface area contributed by atoms with E-state index in [2.05, 4.69) is 28.9 Å². The maximum atomic E-state index is 12.8. The summed E-state index contributed by atoms with van der Waals surface area (Å²) in [6.07, 6.45) is 1.66. The highest BCUT2D eigenvalue weighted by atomic mass is 16.5. The molecule has 1 aliphatic heterocycles. The van der Waals surface area contributed by atoms with Crippen molar-refractivity contribution >= 4 is 5.91 Å². The van der Waals surface area contributed by atoms with Crippen LogP contribution < -0.4 is 14.8 Å². The van der Waals surface area contributed by atoms with Gasteiger partial charge in [0.15, 0.2) is 11.5 Å². The van der Waals surface area contributed by atoms with Gasteiger partial charge in [-0.2, -0.15) is 0 Å². The highest BCUT2D eigenvalue weighted by Crippen LogP contribution is 2.28. The van der Waals surface area contributed by atoms with Crippen molar-refractivity contribution < 1.29 is 19.0 Å². The van der Waals surface area contributed by atoms with Crippen LogP contribution in [0.5, 0.6) is 11.5 Å². The van der Waals surface area contributed by atoms with Crippen LogP contribution in [0.4, 0.5) is 0 Å². The second kappa shape index (κ2) is 10.6. The zero-order chi connectivity index (χ0) is 20.5. The molecule has 0 saturated carbocycles. The molecule has 2 aromatic rings. The van der Waals surface area contributed by atoms with E-state index in [9.17, 15) is 4.79 Å². The fraction of sp³-hybridized carbons (Fsp3) is 0.348. The van der Waals surface area contributed by atoms with Crippen molar-refractivity contribution in [2.45, 2.75) is 6.04 Å². The number of ether oxygens (including phenoxy) is 3. The number of amides is 1. The molecule has 1 unspecified atom stereocenters. The molecule has 0 aromatic heterocycles. The molecular formula is C23H28N2O4. The standard InChI is InChI=1S/C23H28N2O4/c1-3-13-29-21-10-9-19(16-22(21)27-2)23(26)24-17-20(18-7-5-4-6-8-18)25-11-14-28-15-12-25/h3-10,16,20H,1,11-15,17H2,2H3,(H,24,26). The lowest BCUT2D eigenvalue weighted by Gasteiger charge is -2.35. The Morgan fingerprint density at radius 3 is 2.66 bits per heavy atom. The zero-order valence-electron chi connectivity index (χ0n) is 16.8. The van der Waals surface area contributed by atoms with E-state index < -0.39 is 0 Å². The molecule has 0 aliphatic carbocycles. The molecule has 6 nitrogen and oxygen atoms in total. The topological polar surface area (TPSA) is 60.0 Å². The van der Waals surface area contributed by atoms with Crippen LogP contribution >= 0.6 is 0 Å². The Hall–Kier alpha value is -2.83. The predicted molar refractivity (Wildman–Crippen MR) is 113 cm³/mol. The third-order valence-corrected chi connectivity index (χ3v) is 4.91. The third kappa shape index (κ3) is 5.59. The Bertz CT molecular complexity index is 804. The number of morpholine rings is 1. The summed E-state index contributed by atoms with van der Waals surface area (Å²) < 4.78 is 16.4. The minimum absolute atomic E-state index is 0.0983. The van der Waals surface area contributed by atoms with E-state index in [1.165, 1.54) is 5.56 Å². The summed E-state index contributed by atoms with van der Waals surface area (Å²) in [5.41, 5.74) is 1.71. The number of benzene rings is 2. The number of hydrogen-bond acceptors (Lipinski definition) is 5. The van der Waals surface area contributed by atoms with Crippen molar-refractivity contribution in [1.29, 1.82) is 0 Å². The van der Waals surface area contributed by atoms with Crippen LogP contribution in [0.1, 0.15) is 22.0 Å². The van der Waals surface area contributed by atoms with Crippen LogP contribution in [-0.4, -0.2) is 57.4 Å². The first kappa shape index (κ1) is 20.9. The summed E-state index contributed by atoms with van der Waals surface area (Å²) in [4.78, 5) is 15.1. The van der Waals surface area contributed by atoms with Crippen molar-refractivity contribution in [1.82, 2.24) is 10.2 Å². The lowest BCUT2D eigenvalue weighted by atomic mass is 10.0. The number of carbonyl (C=O) groups is 1. The van der Waals surface area contributed by atoms with Crippen molar-refractivity contribution in [2.75, 3.05) is 46.6 Å². The molecule has 6 heteroatoms. The highest BCUT2D eigenvalue weighted by Gasteiger charge is 2.23. The van der Waals surface area contributed by atoms with Gasteiger partial charge in [0.05, 0.1) is 26.4 Å². The Labute approximate surface area is 172 Å². The minimum atomic E-state index is -0.146. The van der Waals surface area contributed by atoms with Gasteiger partial charge in [0.25, 0.3) is 5.91 Å². The normalized spacial score (nSPS) is 15.3. The lowest BCUT2D eigenvalue weighted by Crippen LogP contribution is -2.43. The van der Waals surface area contributed by atoms with Crippen molar-refractivity contribution in [3.05, 3.63) is 72.3 Å². The maximum absolute atomic E-state index is 12.8. The summed E-state index contributed by atoms with van der Waals surface area (Å²) in [6.45, 7) is 7.64. The van der Waals surface area contributed by atoms with E-state index in [1.54, 1.807) is 31.4 Å². The number of rotatable bonds is 9. The molecule has 1 N–H and O–H groups in total. The molecule has 1 aliphatic rings. The van der Waals surface area contributed by atoms with Crippen LogP contribution in [0.2, 0.25) is 0 Å². The zero-order valence-corrected chi connectivity index (χ0v) is 16.8. The van der Waals surface area contributed by atoms with E-state index in [4.69, 9.17) is 14.2 Å². The number of nitrogens with zero attached hydrogens (tertiary/aromatic N) is 1. The summed E-state index contributed by atoms with van der Waals surface area (Å²) in [5.74, 6) is 0.958. The van der Waals surface area contributed by atoms with Crippen molar-refractivity contribution in [3.8, 4) is 11.5 Å². The van der Waals surface area contributed by atoms with E-state index in [0.29, 0.717) is 43.4 Å². The molecule has 0 bridgehead atoms. The molecule has 29 heavy (non-hydrogen) atoms. The van der Waals surface area contributed by atoms with E-state index in [-0.39, 0.29) is 11.9 Å². The van der Waals surface area contributed by atoms with Gasteiger partial charge in [-0.05, 0) is 23.8 Å². The van der Waals surface area contributed by atoms with Crippen LogP contribution in [0.25, 0.3) is 0 Å². The van der Waals surface area contributed by atoms with Crippen LogP contribution in [0, 0.1) is 0 Å². The van der Waals surface area contributed by atoms with Gasteiger partial charge in [-0.15, -0.1) is 0 Å². The van der Waals surface area contributed by atoms with Crippen molar-refractivity contribution in [3.63, 3.8) is 0 Å². The second-order valence-electron chi connectivity index (χ2n) is 6.75. The lowest BCUT2D eigenvalue weighted by molar-refractivity contribution is 0.0162. The molecule has 1 fully saturated rings.